The maximum atomic E-state index is 12.4. The first-order chi connectivity index (χ1) is 12.2. The van der Waals surface area contributed by atoms with Gasteiger partial charge in [-0.1, -0.05) is 30.3 Å². The van der Waals surface area contributed by atoms with Crippen LogP contribution in [-0.4, -0.2) is 40.2 Å². The topological polar surface area (TPSA) is 59.4 Å². The lowest BCUT2D eigenvalue weighted by Gasteiger charge is -2.44. The van der Waals surface area contributed by atoms with Crippen LogP contribution in [0, 0.1) is 0 Å². The van der Waals surface area contributed by atoms with Crippen molar-refractivity contribution in [1.29, 1.82) is 0 Å². The number of aromatic nitrogens is 2. The summed E-state index contributed by atoms with van der Waals surface area (Å²) in [5.41, 5.74) is 3.44. The second-order valence-corrected chi connectivity index (χ2v) is 6.94. The van der Waals surface area contributed by atoms with Crippen LogP contribution in [0.4, 0.5) is 4.79 Å². The first kappa shape index (κ1) is 16.1. The Kier molecular flexibility index (Phi) is 4.21. The van der Waals surface area contributed by atoms with E-state index in [0.29, 0.717) is 19.7 Å². The van der Waals surface area contributed by atoms with Gasteiger partial charge in [-0.25, -0.2) is 9.78 Å². The lowest BCUT2D eigenvalue weighted by Crippen LogP contribution is -2.55. The normalized spacial score (nSPS) is 18.8. The summed E-state index contributed by atoms with van der Waals surface area (Å²) in [4.78, 5) is 18.7. The van der Waals surface area contributed by atoms with Crippen LogP contribution >= 0.6 is 0 Å². The van der Waals surface area contributed by atoms with Gasteiger partial charge in [0.15, 0.2) is 0 Å². The zero-order valence-corrected chi connectivity index (χ0v) is 14.6. The number of carbonyl (C=O) groups excluding carboxylic acids is 1. The average Bonchev–Trinajstić information content (AvgIpc) is 3.04. The third kappa shape index (κ3) is 3.02. The van der Waals surface area contributed by atoms with E-state index in [1.807, 2.05) is 41.6 Å². The van der Waals surface area contributed by atoms with E-state index < -0.39 is 0 Å². The summed E-state index contributed by atoms with van der Waals surface area (Å²) in [6.45, 7) is 2.67. The maximum Gasteiger partial charge on any atom is 0.410 e. The highest BCUT2D eigenvalue weighted by atomic mass is 16.6. The van der Waals surface area contributed by atoms with E-state index in [1.165, 1.54) is 11.4 Å². The highest BCUT2D eigenvalue weighted by Crippen LogP contribution is 2.37. The largest absolute Gasteiger partial charge is 0.445 e. The molecule has 25 heavy (non-hydrogen) atoms. The Hall–Kier alpha value is -2.34. The molecule has 1 amide bonds. The van der Waals surface area contributed by atoms with Crippen molar-refractivity contribution in [2.24, 2.45) is 7.05 Å². The Labute approximate surface area is 147 Å². The second kappa shape index (κ2) is 6.52. The summed E-state index contributed by atoms with van der Waals surface area (Å²) in [6, 6.07) is 9.80. The van der Waals surface area contributed by atoms with Gasteiger partial charge in [0.25, 0.3) is 0 Å². The molecule has 1 fully saturated rings. The molecule has 1 aromatic heterocycles. The number of imidazole rings is 1. The molecule has 1 N–H and O–H groups in total. The van der Waals surface area contributed by atoms with E-state index in [-0.39, 0.29) is 11.6 Å². The molecule has 2 aliphatic rings. The molecule has 6 heteroatoms. The van der Waals surface area contributed by atoms with Gasteiger partial charge in [-0.3, -0.25) is 0 Å². The molecule has 1 saturated heterocycles. The van der Waals surface area contributed by atoms with Crippen molar-refractivity contribution < 1.29 is 9.53 Å². The molecule has 0 unspecified atom stereocenters. The lowest BCUT2D eigenvalue weighted by molar-refractivity contribution is 0.0689. The third-order valence-electron chi connectivity index (χ3n) is 5.37. The van der Waals surface area contributed by atoms with Crippen LogP contribution in [0.2, 0.25) is 0 Å². The molecule has 3 heterocycles. The molecule has 2 aliphatic heterocycles. The highest BCUT2D eigenvalue weighted by Gasteiger charge is 2.42. The molecule has 0 saturated carbocycles. The Morgan fingerprint density at radius 3 is 2.80 bits per heavy atom. The van der Waals surface area contributed by atoms with Crippen molar-refractivity contribution in [1.82, 2.24) is 19.8 Å². The number of piperidine rings is 1. The van der Waals surface area contributed by atoms with Gasteiger partial charge < -0.3 is 19.5 Å². The number of amides is 1. The van der Waals surface area contributed by atoms with Crippen molar-refractivity contribution in [2.75, 3.05) is 19.6 Å². The Bertz CT molecular complexity index is 748. The van der Waals surface area contributed by atoms with E-state index in [9.17, 15) is 4.79 Å². The van der Waals surface area contributed by atoms with E-state index in [1.54, 1.807) is 0 Å². The molecule has 0 atom stereocenters. The Balaban J connectivity index is 1.39. The van der Waals surface area contributed by atoms with Gasteiger partial charge >= 0.3 is 6.09 Å². The van der Waals surface area contributed by atoms with Crippen molar-refractivity contribution in [3.8, 4) is 0 Å². The summed E-state index contributed by atoms with van der Waals surface area (Å²) in [5.74, 6) is 0. The predicted octanol–water partition coefficient (Wildman–Crippen LogP) is 2.19. The second-order valence-electron chi connectivity index (χ2n) is 6.94. The van der Waals surface area contributed by atoms with Crippen LogP contribution in [0.1, 0.15) is 29.8 Å². The fraction of sp³-hybridized carbons (Fsp3) is 0.474. The van der Waals surface area contributed by atoms with Crippen LogP contribution in [-0.2, 0) is 30.4 Å². The van der Waals surface area contributed by atoms with Gasteiger partial charge in [0.05, 0.1) is 23.3 Å². The zero-order chi connectivity index (χ0) is 17.3. The molecule has 1 aromatic carbocycles. The number of carbonyl (C=O) groups is 1. The van der Waals surface area contributed by atoms with E-state index in [2.05, 4.69) is 21.9 Å². The van der Waals surface area contributed by atoms with Gasteiger partial charge in [0.2, 0.25) is 0 Å². The van der Waals surface area contributed by atoms with Gasteiger partial charge in [0.1, 0.15) is 6.61 Å². The first-order valence-corrected chi connectivity index (χ1v) is 8.89. The number of ether oxygens (including phenoxy) is 1. The quantitative estimate of drug-likeness (QED) is 0.910. The van der Waals surface area contributed by atoms with E-state index in [4.69, 9.17) is 4.74 Å². The summed E-state index contributed by atoms with van der Waals surface area (Å²) >= 11 is 0. The van der Waals surface area contributed by atoms with Crippen molar-refractivity contribution in [3.05, 3.63) is 53.6 Å². The van der Waals surface area contributed by atoms with Crippen LogP contribution in [0.25, 0.3) is 0 Å². The number of hydrogen-bond acceptors (Lipinski definition) is 4. The number of aryl methyl sites for hydroxylation is 1. The highest BCUT2D eigenvalue weighted by molar-refractivity contribution is 5.67. The van der Waals surface area contributed by atoms with Gasteiger partial charge in [-0.05, 0) is 18.4 Å². The minimum atomic E-state index is -0.222. The summed E-state index contributed by atoms with van der Waals surface area (Å²) in [5, 5.41) is 3.70. The molecule has 132 valence electrons. The lowest BCUT2D eigenvalue weighted by atomic mass is 9.80. The third-order valence-corrected chi connectivity index (χ3v) is 5.37. The SMILES string of the molecule is Cn1cnc2c1C1(CCN(C(=O)OCc3ccccc3)CC1)NCC2. The minimum Gasteiger partial charge on any atom is -0.445 e. The van der Waals surface area contributed by atoms with Gasteiger partial charge in [0, 0.05) is 33.1 Å². The summed E-state index contributed by atoms with van der Waals surface area (Å²) < 4.78 is 7.60. The van der Waals surface area contributed by atoms with Gasteiger partial charge in [-0.2, -0.15) is 0 Å². The maximum absolute atomic E-state index is 12.4. The molecule has 1 spiro atoms. The fourth-order valence-corrected chi connectivity index (χ4v) is 4.07. The molecular weight excluding hydrogens is 316 g/mol. The summed E-state index contributed by atoms with van der Waals surface area (Å²) in [7, 11) is 2.06. The van der Waals surface area contributed by atoms with Crippen molar-refractivity contribution >= 4 is 6.09 Å². The molecule has 0 aliphatic carbocycles. The number of likely N-dealkylation sites (tertiary alicyclic amines) is 1. The van der Waals surface area contributed by atoms with Crippen LogP contribution < -0.4 is 5.32 Å². The van der Waals surface area contributed by atoms with E-state index in [0.717, 1.165) is 31.4 Å². The van der Waals surface area contributed by atoms with Crippen LogP contribution in [0.15, 0.2) is 36.7 Å². The minimum absolute atomic E-state index is 0.0605. The number of nitrogens with zero attached hydrogens (tertiary/aromatic N) is 3. The molecular formula is C19H24N4O2. The molecule has 0 bridgehead atoms. The zero-order valence-electron chi connectivity index (χ0n) is 14.6. The Morgan fingerprint density at radius 2 is 2.04 bits per heavy atom. The predicted molar refractivity (Wildman–Crippen MR) is 94.0 cm³/mol. The number of hydrogen-bond donors (Lipinski definition) is 1. The van der Waals surface area contributed by atoms with Crippen LogP contribution in [0.5, 0.6) is 0 Å². The monoisotopic (exact) mass is 340 g/mol. The first-order valence-electron chi connectivity index (χ1n) is 8.89. The number of nitrogens with one attached hydrogen (secondary N) is 1. The fourth-order valence-electron chi connectivity index (χ4n) is 4.07. The standard InChI is InChI=1S/C19H24N4O2/c1-22-14-20-16-7-10-21-19(17(16)22)8-11-23(12-9-19)18(24)25-13-15-5-3-2-4-6-15/h2-6,14,21H,7-13H2,1H3. The smallest absolute Gasteiger partial charge is 0.410 e. The summed E-state index contributed by atoms with van der Waals surface area (Å²) in [6.07, 6.45) is 4.43. The molecule has 2 aromatic rings. The average molecular weight is 340 g/mol. The number of benzene rings is 1. The van der Waals surface area contributed by atoms with Crippen molar-refractivity contribution in [2.45, 2.75) is 31.4 Å². The Morgan fingerprint density at radius 1 is 1.28 bits per heavy atom. The molecule has 6 nitrogen and oxygen atoms in total. The van der Waals surface area contributed by atoms with Crippen LogP contribution in [0.3, 0.4) is 0 Å². The van der Waals surface area contributed by atoms with E-state index >= 15 is 0 Å². The van der Waals surface area contributed by atoms with Gasteiger partial charge in [-0.15, -0.1) is 0 Å². The molecule has 4 rings (SSSR count). The van der Waals surface area contributed by atoms with Crippen molar-refractivity contribution in [3.63, 3.8) is 0 Å². The number of rotatable bonds is 2. The number of fused-ring (bicyclic) bond motifs is 2. The molecule has 0 radical (unpaired) electrons.